The molecule has 0 bridgehead atoms. The molecule has 0 saturated carbocycles. The van der Waals surface area contributed by atoms with Gasteiger partial charge in [0.25, 0.3) is 0 Å². The van der Waals surface area contributed by atoms with Crippen molar-refractivity contribution >= 4 is 27.5 Å². The maximum absolute atomic E-state index is 14.3. The number of benzene rings is 3. The maximum atomic E-state index is 14.3. The number of carbonyl (C=O) groups excluding carboxylic acids is 1. The number of fused-ring (bicyclic) bond motifs is 1. The summed E-state index contributed by atoms with van der Waals surface area (Å²) in [6.45, 7) is -0.704. The molecule has 3 aromatic rings. The fraction of sp³-hybridized carbons (Fsp3) is 0.240. The summed E-state index contributed by atoms with van der Waals surface area (Å²) in [5.41, 5.74) is 2.43. The summed E-state index contributed by atoms with van der Waals surface area (Å²) >= 11 is 5.90. The highest BCUT2D eigenvalue weighted by atomic mass is 35.5. The predicted octanol–water partition coefficient (Wildman–Crippen LogP) is 4.86. The first-order chi connectivity index (χ1) is 15.8. The number of nitrogens with zero attached hydrogens (tertiary/aromatic N) is 1. The van der Waals surface area contributed by atoms with Crippen molar-refractivity contribution in [3.05, 3.63) is 100 Å². The topological polar surface area (TPSA) is 66.5 Å². The van der Waals surface area contributed by atoms with Crippen molar-refractivity contribution in [2.75, 3.05) is 6.54 Å². The van der Waals surface area contributed by atoms with Crippen LogP contribution in [0, 0.1) is 5.82 Å². The fourth-order valence-electron chi connectivity index (χ4n) is 4.10. The van der Waals surface area contributed by atoms with Crippen molar-refractivity contribution in [2.45, 2.75) is 36.7 Å². The highest BCUT2D eigenvalue weighted by molar-refractivity contribution is 7.89. The average Bonchev–Trinajstić information content (AvgIpc) is 2.80. The minimum absolute atomic E-state index is 0.0148. The molecule has 1 N–H and O–H groups in total. The van der Waals surface area contributed by atoms with E-state index < -0.39 is 28.3 Å². The lowest BCUT2D eigenvalue weighted by Crippen LogP contribution is -2.42. The van der Waals surface area contributed by atoms with Crippen molar-refractivity contribution in [1.82, 2.24) is 9.62 Å². The molecule has 1 aliphatic rings. The molecule has 8 heteroatoms. The van der Waals surface area contributed by atoms with Crippen LogP contribution in [-0.2, 0) is 27.8 Å². The van der Waals surface area contributed by atoms with Crippen LogP contribution in [0.1, 0.15) is 35.6 Å². The van der Waals surface area contributed by atoms with Crippen LogP contribution in [0.4, 0.5) is 4.39 Å². The van der Waals surface area contributed by atoms with Crippen LogP contribution in [0.15, 0.2) is 77.7 Å². The van der Waals surface area contributed by atoms with Gasteiger partial charge in [-0.2, -0.15) is 4.31 Å². The van der Waals surface area contributed by atoms with E-state index in [0.717, 1.165) is 29.1 Å². The third-order valence-electron chi connectivity index (χ3n) is 5.78. The molecule has 4 rings (SSSR count). The van der Waals surface area contributed by atoms with E-state index in [4.69, 9.17) is 11.6 Å². The molecule has 0 saturated heterocycles. The van der Waals surface area contributed by atoms with Crippen LogP contribution in [0.5, 0.6) is 0 Å². The van der Waals surface area contributed by atoms with Gasteiger partial charge in [0.1, 0.15) is 5.82 Å². The standard InChI is InChI=1S/C25H24ClFN2O3S/c26-20-12-14-21(15-13-20)33(31,32)29(16-19-7-2-4-10-23(19)27)17-25(30)28-24-11-5-8-18-6-1-3-9-22(18)24/h1-4,6-7,9-10,12-15,24H,5,8,11,16-17H2,(H,28,30)/t24-/m1/s1. The number of halogens is 2. The van der Waals surface area contributed by atoms with Gasteiger partial charge in [-0.3, -0.25) is 4.79 Å². The van der Waals surface area contributed by atoms with Crippen molar-refractivity contribution in [2.24, 2.45) is 0 Å². The molecular weight excluding hydrogens is 463 g/mol. The Hall–Kier alpha value is -2.74. The Bertz CT molecular complexity index is 1250. The third kappa shape index (κ3) is 5.43. The Balaban J connectivity index is 1.59. The number of aryl methyl sites for hydroxylation is 1. The van der Waals surface area contributed by atoms with Gasteiger partial charge in [-0.25, -0.2) is 12.8 Å². The molecule has 1 amide bonds. The van der Waals surface area contributed by atoms with Crippen molar-refractivity contribution in [3.8, 4) is 0 Å². The summed E-state index contributed by atoms with van der Waals surface area (Å²) in [6, 6.07) is 19.4. The maximum Gasteiger partial charge on any atom is 0.243 e. The summed E-state index contributed by atoms with van der Waals surface area (Å²) < 4.78 is 42.1. The molecular formula is C25H24ClFN2O3S. The Morgan fingerprint density at radius 1 is 1.03 bits per heavy atom. The fourth-order valence-corrected chi connectivity index (χ4v) is 5.60. The van der Waals surface area contributed by atoms with Gasteiger partial charge in [-0.15, -0.1) is 0 Å². The van der Waals surface area contributed by atoms with Crippen molar-refractivity contribution in [3.63, 3.8) is 0 Å². The third-order valence-corrected chi connectivity index (χ3v) is 7.84. The Labute approximate surface area is 198 Å². The molecule has 0 fully saturated rings. The molecule has 33 heavy (non-hydrogen) atoms. The first-order valence-electron chi connectivity index (χ1n) is 10.7. The molecule has 0 spiro atoms. The van der Waals surface area contributed by atoms with E-state index in [1.807, 2.05) is 24.3 Å². The average molecular weight is 487 g/mol. The van der Waals surface area contributed by atoms with Gasteiger partial charge in [0, 0.05) is 17.1 Å². The molecule has 1 aliphatic carbocycles. The molecule has 0 heterocycles. The monoisotopic (exact) mass is 486 g/mol. The normalized spacial score (nSPS) is 15.8. The lowest BCUT2D eigenvalue weighted by Gasteiger charge is -2.28. The van der Waals surface area contributed by atoms with Gasteiger partial charge in [-0.1, -0.05) is 54.1 Å². The molecule has 0 aromatic heterocycles. The number of amides is 1. The van der Waals surface area contributed by atoms with Crippen LogP contribution >= 0.6 is 11.6 Å². The number of carbonyl (C=O) groups is 1. The van der Waals surface area contributed by atoms with E-state index in [-0.39, 0.29) is 23.0 Å². The van der Waals surface area contributed by atoms with Crippen molar-refractivity contribution < 1.29 is 17.6 Å². The Kier molecular flexibility index (Phi) is 7.12. The Morgan fingerprint density at radius 3 is 2.48 bits per heavy atom. The van der Waals surface area contributed by atoms with Crippen LogP contribution in [0.3, 0.4) is 0 Å². The molecule has 0 aliphatic heterocycles. The second-order valence-electron chi connectivity index (χ2n) is 8.03. The van der Waals surface area contributed by atoms with Gasteiger partial charge in [0.2, 0.25) is 15.9 Å². The zero-order valence-electron chi connectivity index (χ0n) is 17.9. The molecule has 3 aromatic carbocycles. The number of nitrogens with one attached hydrogen (secondary N) is 1. The highest BCUT2D eigenvalue weighted by Crippen LogP contribution is 2.29. The highest BCUT2D eigenvalue weighted by Gasteiger charge is 2.29. The summed E-state index contributed by atoms with van der Waals surface area (Å²) in [5.74, 6) is -0.971. The van der Waals surface area contributed by atoms with Crippen LogP contribution in [-0.4, -0.2) is 25.2 Å². The van der Waals surface area contributed by atoms with Crippen LogP contribution in [0.2, 0.25) is 5.02 Å². The summed E-state index contributed by atoms with van der Waals surface area (Å²) in [6.07, 6.45) is 2.66. The summed E-state index contributed by atoms with van der Waals surface area (Å²) in [7, 11) is -4.08. The quantitative estimate of drug-likeness (QED) is 0.518. The van der Waals surface area contributed by atoms with Crippen molar-refractivity contribution in [1.29, 1.82) is 0 Å². The van der Waals surface area contributed by atoms with E-state index in [1.54, 1.807) is 6.07 Å². The Morgan fingerprint density at radius 2 is 1.73 bits per heavy atom. The van der Waals surface area contributed by atoms with E-state index >= 15 is 0 Å². The van der Waals surface area contributed by atoms with E-state index in [9.17, 15) is 17.6 Å². The molecule has 5 nitrogen and oxygen atoms in total. The smallest absolute Gasteiger partial charge is 0.243 e. The number of rotatable bonds is 7. The van der Waals surface area contributed by atoms with Gasteiger partial charge in [0.15, 0.2) is 0 Å². The molecule has 0 unspecified atom stereocenters. The number of hydrogen-bond donors (Lipinski definition) is 1. The van der Waals surface area contributed by atoms with Gasteiger partial charge >= 0.3 is 0 Å². The number of hydrogen-bond acceptors (Lipinski definition) is 3. The largest absolute Gasteiger partial charge is 0.348 e. The van der Waals surface area contributed by atoms with E-state index in [2.05, 4.69) is 5.32 Å². The zero-order chi connectivity index (χ0) is 23.4. The molecule has 0 radical (unpaired) electrons. The second-order valence-corrected chi connectivity index (χ2v) is 10.4. The van der Waals surface area contributed by atoms with Gasteiger partial charge < -0.3 is 5.32 Å². The predicted molar refractivity (Wildman–Crippen MR) is 126 cm³/mol. The first kappa shape index (κ1) is 23.4. The van der Waals surface area contributed by atoms with Gasteiger partial charge in [-0.05, 0) is 60.7 Å². The minimum atomic E-state index is -4.08. The van der Waals surface area contributed by atoms with Crippen LogP contribution < -0.4 is 5.32 Å². The van der Waals surface area contributed by atoms with E-state index in [1.165, 1.54) is 48.0 Å². The second kappa shape index (κ2) is 10.0. The van der Waals surface area contributed by atoms with E-state index in [0.29, 0.717) is 5.02 Å². The number of sulfonamides is 1. The zero-order valence-corrected chi connectivity index (χ0v) is 19.4. The van der Waals surface area contributed by atoms with Crippen LogP contribution in [0.25, 0.3) is 0 Å². The summed E-state index contributed by atoms with van der Waals surface area (Å²) in [5, 5.41) is 3.37. The molecule has 1 atom stereocenters. The lowest BCUT2D eigenvalue weighted by molar-refractivity contribution is -0.122. The first-order valence-corrected chi connectivity index (χ1v) is 12.5. The summed E-state index contributed by atoms with van der Waals surface area (Å²) in [4.78, 5) is 13.0. The SMILES string of the molecule is O=C(CN(Cc1ccccc1F)S(=O)(=O)c1ccc(Cl)cc1)N[C@@H]1CCCc2ccccc21. The molecule has 172 valence electrons. The lowest BCUT2D eigenvalue weighted by atomic mass is 9.88. The minimum Gasteiger partial charge on any atom is -0.348 e. The van der Waals surface area contributed by atoms with Gasteiger partial charge in [0.05, 0.1) is 17.5 Å².